The van der Waals surface area contributed by atoms with Crippen molar-refractivity contribution in [3.05, 3.63) is 47.5 Å². The lowest BCUT2D eigenvalue weighted by molar-refractivity contribution is -0.117. The predicted octanol–water partition coefficient (Wildman–Crippen LogP) is 2.57. The van der Waals surface area contributed by atoms with Crippen LogP contribution in [0.3, 0.4) is 0 Å². The first-order chi connectivity index (χ1) is 7.66. The molecule has 82 valence electrons. The van der Waals surface area contributed by atoms with Crippen LogP contribution in [0.2, 0.25) is 0 Å². The minimum atomic E-state index is -0.245. The lowest BCUT2D eigenvalue weighted by Gasteiger charge is -2.07. The molecule has 0 heterocycles. The number of amides is 1. The summed E-state index contributed by atoms with van der Waals surface area (Å²) >= 11 is 0. The minimum Gasteiger partial charge on any atom is -0.370 e. The number of hydrogen-bond acceptors (Lipinski definition) is 1. The Morgan fingerprint density at radius 2 is 2.00 bits per heavy atom. The van der Waals surface area contributed by atoms with Gasteiger partial charge < -0.3 is 5.73 Å². The van der Waals surface area contributed by atoms with Gasteiger partial charge in [-0.15, -0.1) is 0 Å². The second kappa shape index (κ2) is 4.35. The van der Waals surface area contributed by atoms with Crippen molar-refractivity contribution < 1.29 is 4.79 Å². The number of primary amides is 1. The van der Waals surface area contributed by atoms with E-state index in [-0.39, 0.29) is 5.91 Å². The van der Waals surface area contributed by atoms with Crippen LogP contribution in [0.4, 0.5) is 0 Å². The molecule has 1 amide bonds. The second-order valence-electron chi connectivity index (χ2n) is 4.11. The summed E-state index contributed by atoms with van der Waals surface area (Å²) in [5.41, 5.74) is 7.61. The minimum absolute atomic E-state index is 0.245. The van der Waals surface area contributed by atoms with Gasteiger partial charge in [0, 0.05) is 6.42 Å². The van der Waals surface area contributed by atoms with E-state index in [2.05, 4.69) is 31.2 Å². The van der Waals surface area contributed by atoms with Crippen LogP contribution >= 0.6 is 0 Å². The molecule has 2 rings (SSSR count). The topological polar surface area (TPSA) is 43.1 Å². The highest BCUT2D eigenvalue weighted by atomic mass is 16.1. The number of carbonyl (C=O) groups excluding carboxylic acids is 1. The largest absolute Gasteiger partial charge is 0.370 e. The van der Waals surface area contributed by atoms with Gasteiger partial charge in [-0.3, -0.25) is 4.79 Å². The molecule has 0 radical (unpaired) electrons. The van der Waals surface area contributed by atoms with Gasteiger partial charge in [-0.1, -0.05) is 42.0 Å². The van der Waals surface area contributed by atoms with Crippen molar-refractivity contribution in [3.8, 4) is 0 Å². The predicted molar refractivity (Wildman–Crippen MR) is 66.2 cm³/mol. The summed E-state index contributed by atoms with van der Waals surface area (Å²) in [5.74, 6) is -0.245. The summed E-state index contributed by atoms with van der Waals surface area (Å²) in [7, 11) is 0. The van der Waals surface area contributed by atoms with Gasteiger partial charge in [0.25, 0.3) is 0 Å². The molecule has 0 aromatic heterocycles. The maximum absolute atomic E-state index is 10.8. The van der Waals surface area contributed by atoms with Crippen molar-refractivity contribution in [2.24, 2.45) is 5.73 Å². The zero-order valence-electron chi connectivity index (χ0n) is 9.36. The molecule has 2 heteroatoms. The van der Waals surface area contributed by atoms with Crippen molar-refractivity contribution >= 4 is 16.7 Å². The average Bonchev–Trinajstić information content (AvgIpc) is 2.25. The first-order valence-electron chi connectivity index (χ1n) is 5.43. The molecule has 0 aliphatic carbocycles. The Labute approximate surface area is 95.1 Å². The third-order valence-electron chi connectivity index (χ3n) is 2.73. The Morgan fingerprint density at radius 3 is 2.75 bits per heavy atom. The molecule has 0 saturated carbocycles. The number of benzene rings is 2. The van der Waals surface area contributed by atoms with Gasteiger partial charge >= 0.3 is 0 Å². The lowest BCUT2D eigenvalue weighted by Crippen LogP contribution is -2.11. The molecule has 16 heavy (non-hydrogen) atoms. The zero-order valence-corrected chi connectivity index (χ0v) is 9.36. The van der Waals surface area contributed by atoms with Crippen LogP contribution in [-0.2, 0) is 11.2 Å². The van der Waals surface area contributed by atoms with E-state index in [1.165, 1.54) is 21.9 Å². The Bertz CT molecular complexity index is 531. The van der Waals surface area contributed by atoms with Crippen molar-refractivity contribution in [3.63, 3.8) is 0 Å². The van der Waals surface area contributed by atoms with Gasteiger partial charge in [-0.25, -0.2) is 0 Å². The number of carbonyl (C=O) groups is 1. The Morgan fingerprint density at radius 1 is 1.25 bits per heavy atom. The quantitative estimate of drug-likeness (QED) is 0.836. The summed E-state index contributed by atoms with van der Waals surface area (Å²) < 4.78 is 0. The summed E-state index contributed by atoms with van der Waals surface area (Å²) in [5, 5.41) is 2.44. The summed E-state index contributed by atoms with van der Waals surface area (Å²) in [6, 6.07) is 12.5. The van der Waals surface area contributed by atoms with E-state index in [0.29, 0.717) is 6.42 Å². The van der Waals surface area contributed by atoms with Crippen LogP contribution in [0.1, 0.15) is 17.5 Å². The Balaban J connectivity index is 2.46. The fourth-order valence-electron chi connectivity index (χ4n) is 2.02. The molecule has 2 nitrogen and oxygen atoms in total. The van der Waals surface area contributed by atoms with Gasteiger partial charge in [0.15, 0.2) is 0 Å². The third-order valence-corrected chi connectivity index (χ3v) is 2.73. The highest BCUT2D eigenvalue weighted by Crippen LogP contribution is 2.21. The van der Waals surface area contributed by atoms with Crippen LogP contribution in [-0.4, -0.2) is 5.91 Å². The Hall–Kier alpha value is -1.83. The van der Waals surface area contributed by atoms with Gasteiger partial charge in [0.1, 0.15) is 0 Å². The monoisotopic (exact) mass is 213 g/mol. The number of fused-ring (bicyclic) bond motifs is 1. The normalized spacial score (nSPS) is 10.6. The van der Waals surface area contributed by atoms with Crippen LogP contribution < -0.4 is 5.73 Å². The average molecular weight is 213 g/mol. The molecular formula is C14H15NO. The fourth-order valence-corrected chi connectivity index (χ4v) is 2.02. The van der Waals surface area contributed by atoms with Crippen LogP contribution in [0.15, 0.2) is 36.4 Å². The second-order valence-corrected chi connectivity index (χ2v) is 4.11. The molecule has 0 unspecified atom stereocenters. The Kier molecular flexibility index (Phi) is 2.91. The molecule has 2 N–H and O–H groups in total. The van der Waals surface area contributed by atoms with Gasteiger partial charge in [-0.2, -0.15) is 0 Å². The summed E-state index contributed by atoms with van der Waals surface area (Å²) in [4.78, 5) is 10.8. The zero-order chi connectivity index (χ0) is 11.5. The van der Waals surface area contributed by atoms with Crippen molar-refractivity contribution in [2.75, 3.05) is 0 Å². The fraction of sp³-hybridized carbons (Fsp3) is 0.214. The smallest absolute Gasteiger partial charge is 0.217 e. The molecule has 0 fully saturated rings. The van der Waals surface area contributed by atoms with E-state index >= 15 is 0 Å². The molecule has 0 aliphatic heterocycles. The van der Waals surface area contributed by atoms with E-state index in [0.717, 1.165) is 6.42 Å². The van der Waals surface area contributed by atoms with Crippen molar-refractivity contribution in [2.45, 2.75) is 19.8 Å². The van der Waals surface area contributed by atoms with Gasteiger partial charge in [0.05, 0.1) is 0 Å². The maximum atomic E-state index is 10.8. The van der Waals surface area contributed by atoms with E-state index in [9.17, 15) is 4.79 Å². The summed E-state index contributed by atoms with van der Waals surface area (Å²) in [6.45, 7) is 2.07. The van der Waals surface area contributed by atoms with Crippen molar-refractivity contribution in [1.82, 2.24) is 0 Å². The maximum Gasteiger partial charge on any atom is 0.217 e. The van der Waals surface area contributed by atoms with E-state index in [1.54, 1.807) is 0 Å². The number of rotatable bonds is 3. The first kappa shape index (κ1) is 10.7. The van der Waals surface area contributed by atoms with E-state index in [1.807, 2.05) is 12.1 Å². The highest BCUT2D eigenvalue weighted by Gasteiger charge is 2.03. The third kappa shape index (κ3) is 2.22. The molecule has 2 aromatic carbocycles. The van der Waals surface area contributed by atoms with Crippen LogP contribution in [0.25, 0.3) is 10.8 Å². The molecule has 0 bridgehead atoms. The molecule has 2 aromatic rings. The van der Waals surface area contributed by atoms with Gasteiger partial charge in [0.2, 0.25) is 5.91 Å². The van der Waals surface area contributed by atoms with E-state index in [4.69, 9.17) is 5.73 Å². The molecule has 0 spiro atoms. The number of hydrogen-bond donors (Lipinski definition) is 1. The van der Waals surface area contributed by atoms with Crippen LogP contribution in [0.5, 0.6) is 0 Å². The number of aryl methyl sites for hydroxylation is 2. The molecule has 0 aliphatic rings. The van der Waals surface area contributed by atoms with E-state index < -0.39 is 0 Å². The van der Waals surface area contributed by atoms with Crippen molar-refractivity contribution in [1.29, 1.82) is 0 Å². The SMILES string of the molecule is Cc1cc(CCC(N)=O)c2ccccc2c1. The molecule has 0 atom stereocenters. The molecular weight excluding hydrogens is 198 g/mol. The van der Waals surface area contributed by atoms with Gasteiger partial charge in [-0.05, 0) is 29.7 Å². The standard InChI is InChI=1S/C14H15NO/c1-10-8-11-4-2-3-5-13(11)12(9-10)6-7-14(15)16/h2-5,8-9H,6-7H2,1H3,(H2,15,16). The molecule has 0 saturated heterocycles. The lowest BCUT2D eigenvalue weighted by atomic mass is 9.98. The number of nitrogens with two attached hydrogens (primary N) is 1. The summed E-state index contributed by atoms with van der Waals surface area (Å²) in [6.07, 6.45) is 1.13. The first-order valence-corrected chi connectivity index (χ1v) is 5.43. The highest BCUT2D eigenvalue weighted by molar-refractivity contribution is 5.87. The van der Waals surface area contributed by atoms with Crippen LogP contribution in [0, 0.1) is 6.92 Å².